The minimum atomic E-state index is -0.438. The van der Waals surface area contributed by atoms with Crippen molar-refractivity contribution in [3.63, 3.8) is 0 Å². The predicted molar refractivity (Wildman–Crippen MR) is 121 cm³/mol. The minimum absolute atomic E-state index is 0.0891. The molecule has 1 N–H and O–H groups in total. The summed E-state index contributed by atoms with van der Waals surface area (Å²) in [6.45, 7) is 0.308. The maximum atomic E-state index is 13.2. The molecule has 0 aliphatic carbocycles. The Balaban J connectivity index is 1.30. The molecule has 7 heteroatoms. The van der Waals surface area contributed by atoms with Gasteiger partial charge in [0.1, 0.15) is 18.2 Å². The van der Waals surface area contributed by atoms with Gasteiger partial charge in [-0.3, -0.25) is 5.43 Å². The molecule has 0 atom stereocenters. The van der Waals surface area contributed by atoms with Crippen molar-refractivity contribution >= 4 is 34.3 Å². The van der Waals surface area contributed by atoms with Crippen LogP contribution in [0.5, 0.6) is 5.75 Å². The van der Waals surface area contributed by atoms with E-state index in [2.05, 4.69) is 15.5 Å². The van der Waals surface area contributed by atoms with Crippen molar-refractivity contribution in [1.29, 1.82) is 0 Å². The standard InChI is InChI=1S/C23H17ClFN3OS/c24-20-12-17(8-11-21(20)25)14-29-19-9-6-16(7-10-19)13-26-28-23-27-22(15-30-23)18-4-2-1-3-5-18/h1-13,15H,14H2,(H,27,28). The number of nitrogens with one attached hydrogen (secondary N) is 1. The van der Waals surface area contributed by atoms with E-state index in [1.54, 1.807) is 18.3 Å². The van der Waals surface area contributed by atoms with Crippen LogP contribution in [0.15, 0.2) is 83.3 Å². The topological polar surface area (TPSA) is 46.5 Å². The summed E-state index contributed by atoms with van der Waals surface area (Å²) in [4.78, 5) is 4.53. The van der Waals surface area contributed by atoms with Gasteiger partial charge in [0.25, 0.3) is 0 Å². The number of aromatic nitrogens is 1. The number of halogens is 2. The van der Waals surface area contributed by atoms with Crippen LogP contribution < -0.4 is 10.2 Å². The number of hydrogen-bond acceptors (Lipinski definition) is 5. The molecule has 0 saturated carbocycles. The van der Waals surface area contributed by atoms with E-state index >= 15 is 0 Å². The number of hydrogen-bond donors (Lipinski definition) is 1. The molecule has 4 rings (SSSR count). The molecule has 0 amide bonds. The average Bonchev–Trinajstić information content (AvgIpc) is 3.25. The summed E-state index contributed by atoms with van der Waals surface area (Å²) in [6, 6.07) is 22.0. The van der Waals surface area contributed by atoms with E-state index in [9.17, 15) is 4.39 Å². The Morgan fingerprint density at radius 2 is 1.87 bits per heavy atom. The molecule has 0 radical (unpaired) electrons. The molecule has 0 saturated heterocycles. The van der Waals surface area contributed by atoms with Gasteiger partial charge >= 0.3 is 0 Å². The van der Waals surface area contributed by atoms with Crippen molar-refractivity contribution in [1.82, 2.24) is 4.98 Å². The van der Waals surface area contributed by atoms with E-state index in [4.69, 9.17) is 16.3 Å². The number of nitrogens with zero attached hydrogens (tertiary/aromatic N) is 2. The monoisotopic (exact) mass is 437 g/mol. The van der Waals surface area contributed by atoms with Crippen LogP contribution in [0.25, 0.3) is 11.3 Å². The van der Waals surface area contributed by atoms with Gasteiger partial charge in [0.2, 0.25) is 5.13 Å². The zero-order valence-electron chi connectivity index (χ0n) is 15.8. The molecular formula is C23H17ClFN3OS. The molecule has 4 aromatic rings. The molecule has 0 aliphatic heterocycles. The summed E-state index contributed by atoms with van der Waals surface area (Å²) in [5.74, 6) is 0.264. The number of anilines is 1. The molecule has 3 aromatic carbocycles. The van der Waals surface area contributed by atoms with Crippen molar-refractivity contribution < 1.29 is 9.13 Å². The number of hydrazone groups is 1. The molecule has 0 bridgehead atoms. The zero-order valence-corrected chi connectivity index (χ0v) is 17.3. The molecule has 4 nitrogen and oxygen atoms in total. The van der Waals surface area contributed by atoms with Crippen LogP contribution in [-0.2, 0) is 6.61 Å². The van der Waals surface area contributed by atoms with Crippen molar-refractivity contribution in [3.8, 4) is 17.0 Å². The summed E-state index contributed by atoms with van der Waals surface area (Å²) in [5.41, 5.74) is 6.67. The molecule has 150 valence electrons. The van der Waals surface area contributed by atoms with E-state index in [0.717, 1.165) is 27.5 Å². The van der Waals surface area contributed by atoms with Crippen molar-refractivity contribution in [2.45, 2.75) is 6.61 Å². The van der Waals surface area contributed by atoms with Crippen molar-refractivity contribution in [2.24, 2.45) is 5.10 Å². The molecule has 0 fully saturated rings. The van der Waals surface area contributed by atoms with Crippen molar-refractivity contribution in [3.05, 3.63) is 100 Å². The predicted octanol–water partition coefficient (Wildman–Crippen LogP) is 6.63. The maximum absolute atomic E-state index is 13.2. The molecule has 1 heterocycles. The smallest absolute Gasteiger partial charge is 0.203 e. The lowest BCUT2D eigenvalue weighted by molar-refractivity contribution is 0.306. The fraction of sp³-hybridized carbons (Fsp3) is 0.0435. The second kappa shape index (κ2) is 9.52. The molecule has 0 spiro atoms. The van der Waals surface area contributed by atoms with Crippen LogP contribution >= 0.6 is 22.9 Å². The Morgan fingerprint density at radius 1 is 1.07 bits per heavy atom. The molecule has 0 unspecified atom stereocenters. The Hall–Kier alpha value is -3.22. The van der Waals surface area contributed by atoms with Gasteiger partial charge in [0.05, 0.1) is 16.9 Å². The number of benzene rings is 3. The first-order valence-electron chi connectivity index (χ1n) is 9.14. The van der Waals surface area contributed by atoms with Crippen LogP contribution in [-0.4, -0.2) is 11.2 Å². The van der Waals surface area contributed by atoms with E-state index < -0.39 is 5.82 Å². The van der Waals surface area contributed by atoms with Gasteiger partial charge in [0.15, 0.2) is 0 Å². The first-order valence-corrected chi connectivity index (χ1v) is 10.4. The number of rotatable bonds is 7. The fourth-order valence-corrected chi connectivity index (χ4v) is 3.55. The summed E-state index contributed by atoms with van der Waals surface area (Å²) in [5, 5.41) is 7.05. The highest BCUT2D eigenvalue weighted by Crippen LogP contribution is 2.24. The van der Waals surface area contributed by atoms with Gasteiger partial charge in [0, 0.05) is 10.9 Å². The third-order valence-electron chi connectivity index (χ3n) is 4.22. The van der Waals surface area contributed by atoms with Crippen LogP contribution in [0.2, 0.25) is 5.02 Å². The summed E-state index contributed by atoms with van der Waals surface area (Å²) in [7, 11) is 0. The van der Waals surface area contributed by atoms with Gasteiger partial charge < -0.3 is 4.74 Å². The van der Waals surface area contributed by atoms with Crippen LogP contribution in [0.1, 0.15) is 11.1 Å². The fourth-order valence-electron chi connectivity index (χ4n) is 2.67. The minimum Gasteiger partial charge on any atom is -0.489 e. The van der Waals surface area contributed by atoms with E-state index in [0.29, 0.717) is 12.4 Å². The SMILES string of the molecule is Fc1ccc(COc2ccc(C=NNc3nc(-c4ccccc4)cs3)cc2)cc1Cl. The summed E-state index contributed by atoms with van der Waals surface area (Å²) < 4.78 is 18.9. The first kappa shape index (κ1) is 20.1. The summed E-state index contributed by atoms with van der Waals surface area (Å²) in [6.07, 6.45) is 1.72. The normalized spacial score (nSPS) is 11.0. The Morgan fingerprint density at radius 3 is 2.63 bits per heavy atom. The van der Waals surface area contributed by atoms with Gasteiger partial charge in [-0.1, -0.05) is 48.0 Å². The van der Waals surface area contributed by atoms with Crippen LogP contribution in [0, 0.1) is 5.82 Å². The highest BCUT2D eigenvalue weighted by atomic mass is 35.5. The second-order valence-electron chi connectivity index (χ2n) is 6.38. The quantitative estimate of drug-likeness (QED) is 0.261. The number of thiazole rings is 1. The van der Waals surface area contributed by atoms with Gasteiger partial charge in [-0.2, -0.15) is 5.10 Å². The lowest BCUT2D eigenvalue weighted by Gasteiger charge is -2.07. The van der Waals surface area contributed by atoms with E-state index in [-0.39, 0.29) is 5.02 Å². The van der Waals surface area contributed by atoms with Crippen molar-refractivity contribution in [2.75, 3.05) is 5.43 Å². The average molecular weight is 438 g/mol. The highest BCUT2D eigenvalue weighted by molar-refractivity contribution is 7.14. The Labute approximate surface area is 182 Å². The molecule has 0 aliphatic rings. The lowest BCUT2D eigenvalue weighted by atomic mass is 10.2. The highest BCUT2D eigenvalue weighted by Gasteiger charge is 2.04. The Bertz CT molecular complexity index is 1150. The lowest BCUT2D eigenvalue weighted by Crippen LogP contribution is -1.96. The maximum Gasteiger partial charge on any atom is 0.203 e. The van der Waals surface area contributed by atoms with E-state index in [1.165, 1.54) is 17.4 Å². The number of ether oxygens (including phenoxy) is 1. The second-order valence-corrected chi connectivity index (χ2v) is 7.65. The molecular weight excluding hydrogens is 421 g/mol. The van der Waals surface area contributed by atoms with Crippen LogP contribution in [0.3, 0.4) is 0 Å². The zero-order chi connectivity index (χ0) is 20.8. The molecule has 1 aromatic heterocycles. The third kappa shape index (κ3) is 5.23. The molecule has 30 heavy (non-hydrogen) atoms. The third-order valence-corrected chi connectivity index (χ3v) is 5.25. The Kier molecular flexibility index (Phi) is 6.37. The van der Waals surface area contributed by atoms with Gasteiger partial charge in [-0.05, 0) is 47.5 Å². The summed E-state index contributed by atoms with van der Waals surface area (Å²) >= 11 is 7.29. The van der Waals surface area contributed by atoms with Gasteiger partial charge in [-0.15, -0.1) is 11.3 Å². The van der Waals surface area contributed by atoms with E-state index in [1.807, 2.05) is 60.0 Å². The first-order chi connectivity index (χ1) is 14.7. The van der Waals surface area contributed by atoms with Crippen LogP contribution in [0.4, 0.5) is 9.52 Å². The van der Waals surface area contributed by atoms with Gasteiger partial charge in [-0.25, -0.2) is 9.37 Å². The largest absolute Gasteiger partial charge is 0.489 e.